The summed E-state index contributed by atoms with van der Waals surface area (Å²) >= 11 is 3.72. The minimum Gasteiger partial charge on any atom is -0.250 e. The summed E-state index contributed by atoms with van der Waals surface area (Å²) in [6.07, 6.45) is 3.66. The Bertz CT molecular complexity index is 357. The number of pyridine rings is 1. The zero-order valence-corrected chi connectivity index (χ0v) is 7.89. The van der Waals surface area contributed by atoms with Gasteiger partial charge in [0.25, 0.3) is 0 Å². The van der Waals surface area contributed by atoms with Crippen LogP contribution in [0.15, 0.2) is 18.5 Å². The molecule has 0 radical (unpaired) electrons. The van der Waals surface area contributed by atoms with E-state index in [0.717, 1.165) is 9.09 Å². The van der Waals surface area contributed by atoms with Gasteiger partial charge in [0, 0.05) is 11.6 Å². The lowest BCUT2D eigenvalue weighted by Gasteiger charge is -1.87. The van der Waals surface area contributed by atoms with Crippen LogP contribution in [0, 0.1) is 3.70 Å². The van der Waals surface area contributed by atoms with Crippen LogP contribution < -0.4 is 0 Å². The maximum Gasteiger partial charge on any atom is 0.111 e. The predicted octanol–water partition coefficient (Wildman–Crippen LogP) is 2.30. The fraction of sp³-hybridized carbons (Fsp3) is 0. The van der Waals surface area contributed by atoms with Gasteiger partial charge in [-0.15, -0.1) is 0 Å². The second kappa shape index (κ2) is 2.43. The second-order valence-corrected chi connectivity index (χ2v) is 3.69. The van der Waals surface area contributed by atoms with Gasteiger partial charge in [0.05, 0.1) is 10.9 Å². The first-order valence-electron chi connectivity index (χ1n) is 2.73. The van der Waals surface area contributed by atoms with E-state index < -0.39 is 0 Å². The molecule has 2 aromatic heterocycles. The van der Waals surface area contributed by atoms with E-state index >= 15 is 0 Å². The van der Waals surface area contributed by atoms with Gasteiger partial charge in [-0.25, -0.2) is 4.98 Å². The van der Waals surface area contributed by atoms with Crippen molar-refractivity contribution in [3.8, 4) is 0 Å². The number of hydrogen-bond acceptors (Lipinski definition) is 3. The van der Waals surface area contributed by atoms with E-state index in [4.69, 9.17) is 0 Å². The first-order chi connectivity index (χ1) is 4.88. The van der Waals surface area contributed by atoms with E-state index in [0.29, 0.717) is 0 Å². The van der Waals surface area contributed by atoms with Crippen molar-refractivity contribution < 1.29 is 0 Å². The first kappa shape index (κ1) is 6.48. The summed E-state index contributed by atoms with van der Waals surface area (Å²) in [6, 6.07) is 1.98. The molecule has 0 saturated carbocycles. The number of rotatable bonds is 0. The Hall–Kier alpha value is -0.230. The number of aromatic nitrogens is 2. The van der Waals surface area contributed by atoms with Gasteiger partial charge in [-0.1, -0.05) is 0 Å². The van der Waals surface area contributed by atoms with Gasteiger partial charge >= 0.3 is 0 Å². The molecule has 0 spiro atoms. The van der Waals surface area contributed by atoms with Crippen molar-refractivity contribution in [1.29, 1.82) is 0 Å². The summed E-state index contributed by atoms with van der Waals surface area (Å²) in [5.41, 5.74) is 0. The van der Waals surface area contributed by atoms with Crippen LogP contribution in [-0.2, 0) is 0 Å². The van der Waals surface area contributed by atoms with E-state index in [1.165, 1.54) is 16.2 Å². The molecule has 0 bridgehead atoms. The van der Waals surface area contributed by atoms with E-state index in [9.17, 15) is 0 Å². The lowest BCUT2D eigenvalue weighted by molar-refractivity contribution is 1.31. The van der Waals surface area contributed by atoms with Crippen LogP contribution in [0.3, 0.4) is 0 Å². The van der Waals surface area contributed by atoms with Crippen LogP contribution in [0.25, 0.3) is 10.1 Å². The maximum absolute atomic E-state index is 4.13. The zero-order chi connectivity index (χ0) is 6.97. The molecular formula is C6H3IN2S. The van der Waals surface area contributed by atoms with Crippen LogP contribution in [0.4, 0.5) is 0 Å². The summed E-state index contributed by atoms with van der Waals surface area (Å²) in [6.45, 7) is 0. The van der Waals surface area contributed by atoms with Gasteiger partial charge in [-0.2, -0.15) is 4.37 Å². The van der Waals surface area contributed by atoms with Gasteiger partial charge < -0.3 is 0 Å². The normalized spacial score (nSPS) is 10.5. The predicted molar refractivity (Wildman–Crippen MR) is 50.1 cm³/mol. The standard InChI is InChI=1S/C6H3IN2S/c7-6-4-3-9-10-5(4)1-2-8-6/h1-3H. The third-order valence-electron chi connectivity index (χ3n) is 1.23. The molecular weight excluding hydrogens is 259 g/mol. The average molecular weight is 262 g/mol. The molecule has 0 amide bonds. The molecule has 2 rings (SSSR count). The molecule has 0 aliphatic rings. The summed E-state index contributed by atoms with van der Waals surface area (Å²) in [7, 11) is 0. The number of nitrogens with zero attached hydrogens (tertiary/aromatic N) is 2. The molecule has 0 aromatic carbocycles. The van der Waals surface area contributed by atoms with Crippen LogP contribution in [0.2, 0.25) is 0 Å². The molecule has 2 heterocycles. The molecule has 0 aliphatic carbocycles. The van der Waals surface area contributed by atoms with Crippen LogP contribution in [0.5, 0.6) is 0 Å². The second-order valence-electron chi connectivity index (χ2n) is 1.84. The smallest absolute Gasteiger partial charge is 0.111 e. The molecule has 50 valence electrons. The summed E-state index contributed by atoms with van der Waals surface area (Å²) in [5.74, 6) is 0. The van der Waals surface area contributed by atoms with Crippen LogP contribution in [0.1, 0.15) is 0 Å². The van der Waals surface area contributed by atoms with Crippen molar-refractivity contribution in [3.63, 3.8) is 0 Å². The van der Waals surface area contributed by atoms with Gasteiger partial charge in [-0.05, 0) is 40.2 Å². The van der Waals surface area contributed by atoms with Crippen molar-refractivity contribution in [2.24, 2.45) is 0 Å². The highest BCUT2D eigenvalue weighted by molar-refractivity contribution is 14.1. The monoisotopic (exact) mass is 262 g/mol. The van der Waals surface area contributed by atoms with Crippen molar-refractivity contribution in [2.45, 2.75) is 0 Å². The van der Waals surface area contributed by atoms with Crippen molar-refractivity contribution in [2.75, 3.05) is 0 Å². The van der Waals surface area contributed by atoms with E-state index in [2.05, 4.69) is 31.9 Å². The third kappa shape index (κ3) is 0.911. The van der Waals surface area contributed by atoms with Crippen molar-refractivity contribution in [3.05, 3.63) is 22.2 Å². The van der Waals surface area contributed by atoms with E-state index in [-0.39, 0.29) is 0 Å². The third-order valence-corrected chi connectivity index (χ3v) is 2.86. The Labute approximate surface area is 75.6 Å². The molecule has 0 saturated heterocycles. The van der Waals surface area contributed by atoms with Gasteiger partial charge in [-0.3, -0.25) is 0 Å². The van der Waals surface area contributed by atoms with Gasteiger partial charge in [0.15, 0.2) is 0 Å². The maximum atomic E-state index is 4.13. The fourth-order valence-electron chi connectivity index (χ4n) is 0.764. The van der Waals surface area contributed by atoms with Crippen LogP contribution in [-0.4, -0.2) is 9.36 Å². The highest BCUT2D eigenvalue weighted by Crippen LogP contribution is 2.20. The Morgan fingerprint density at radius 2 is 2.40 bits per heavy atom. The topological polar surface area (TPSA) is 25.8 Å². The summed E-state index contributed by atoms with van der Waals surface area (Å²) in [4.78, 5) is 4.13. The first-order valence-corrected chi connectivity index (χ1v) is 4.58. The fourth-order valence-corrected chi connectivity index (χ4v) is 2.18. The summed E-state index contributed by atoms with van der Waals surface area (Å²) < 4.78 is 6.30. The Kier molecular flexibility index (Phi) is 1.57. The highest BCUT2D eigenvalue weighted by atomic mass is 127. The molecule has 4 heteroatoms. The zero-order valence-electron chi connectivity index (χ0n) is 4.91. The Morgan fingerprint density at radius 1 is 1.50 bits per heavy atom. The molecule has 0 atom stereocenters. The Morgan fingerprint density at radius 3 is 3.20 bits per heavy atom. The molecule has 10 heavy (non-hydrogen) atoms. The quantitative estimate of drug-likeness (QED) is 0.537. The molecule has 2 aromatic rings. The highest BCUT2D eigenvalue weighted by Gasteiger charge is 1.98. The SMILES string of the molecule is Ic1nccc2sncc12. The molecule has 0 N–H and O–H groups in total. The number of fused-ring (bicyclic) bond motifs is 1. The lowest BCUT2D eigenvalue weighted by Crippen LogP contribution is -1.76. The minimum atomic E-state index is 1.03. The Balaban J connectivity index is 2.95. The summed E-state index contributed by atoms with van der Waals surface area (Å²) in [5, 5.41) is 1.16. The van der Waals surface area contributed by atoms with Crippen LogP contribution >= 0.6 is 34.1 Å². The van der Waals surface area contributed by atoms with Crippen molar-refractivity contribution in [1.82, 2.24) is 9.36 Å². The largest absolute Gasteiger partial charge is 0.250 e. The van der Waals surface area contributed by atoms with Crippen molar-refractivity contribution >= 4 is 44.2 Å². The number of halogens is 1. The lowest BCUT2D eigenvalue weighted by atomic mass is 10.4. The molecule has 2 nitrogen and oxygen atoms in total. The number of hydrogen-bond donors (Lipinski definition) is 0. The molecule has 0 fully saturated rings. The van der Waals surface area contributed by atoms with E-state index in [1.807, 2.05) is 18.5 Å². The average Bonchev–Trinajstić information content (AvgIpc) is 2.36. The van der Waals surface area contributed by atoms with Gasteiger partial charge in [0.2, 0.25) is 0 Å². The van der Waals surface area contributed by atoms with Gasteiger partial charge in [0.1, 0.15) is 3.70 Å². The molecule has 0 unspecified atom stereocenters. The molecule has 0 aliphatic heterocycles. The van der Waals surface area contributed by atoms with E-state index in [1.54, 1.807) is 0 Å². The minimum absolute atomic E-state index is 1.03.